The van der Waals surface area contributed by atoms with Crippen LogP contribution in [0.1, 0.15) is 31.7 Å². The van der Waals surface area contributed by atoms with Gasteiger partial charge in [-0.05, 0) is 12.5 Å². The number of ketones is 1. The summed E-state index contributed by atoms with van der Waals surface area (Å²) in [5.41, 5.74) is -0.105. The zero-order valence-corrected chi connectivity index (χ0v) is 9.88. The first-order valence-corrected chi connectivity index (χ1v) is 5.67. The molecular formula is C13H13F3O2. The van der Waals surface area contributed by atoms with E-state index >= 15 is 0 Å². The lowest BCUT2D eigenvalue weighted by atomic mass is 9.80. The molecule has 18 heavy (non-hydrogen) atoms. The number of carbonyl (C=O) groups excluding carboxylic acids is 1. The Hall–Kier alpha value is -1.52. The molecule has 98 valence electrons. The van der Waals surface area contributed by atoms with Gasteiger partial charge in [0.25, 0.3) is 0 Å². The Morgan fingerprint density at radius 3 is 2.50 bits per heavy atom. The summed E-state index contributed by atoms with van der Waals surface area (Å²) in [5.74, 6) is -0.124. The number of halogens is 3. The van der Waals surface area contributed by atoms with Crippen LogP contribution in [0.2, 0.25) is 0 Å². The van der Waals surface area contributed by atoms with E-state index in [9.17, 15) is 18.0 Å². The van der Waals surface area contributed by atoms with Crippen LogP contribution in [0.15, 0.2) is 24.3 Å². The zero-order chi connectivity index (χ0) is 13.4. The number of benzene rings is 1. The molecule has 1 atom stereocenters. The van der Waals surface area contributed by atoms with Gasteiger partial charge in [-0.1, -0.05) is 25.1 Å². The third-order valence-corrected chi connectivity index (χ3v) is 3.31. The van der Waals surface area contributed by atoms with Crippen LogP contribution in [0, 0.1) is 0 Å². The summed E-state index contributed by atoms with van der Waals surface area (Å²) in [6, 6.07) is 6.04. The van der Waals surface area contributed by atoms with Crippen molar-refractivity contribution in [1.82, 2.24) is 0 Å². The van der Waals surface area contributed by atoms with Crippen molar-refractivity contribution in [3.05, 3.63) is 29.8 Å². The molecular weight excluding hydrogens is 245 g/mol. The number of Topliss-reactive ketones (excluding diaryl/α,β-unsaturated/α-hetero) is 1. The number of para-hydroxylation sites is 1. The maximum absolute atomic E-state index is 12.3. The van der Waals surface area contributed by atoms with Crippen LogP contribution in [-0.4, -0.2) is 12.1 Å². The van der Waals surface area contributed by atoms with E-state index in [2.05, 4.69) is 4.74 Å². The van der Waals surface area contributed by atoms with E-state index in [-0.39, 0.29) is 18.0 Å². The van der Waals surface area contributed by atoms with Gasteiger partial charge in [-0.3, -0.25) is 4.79 Å². The van der Waals surface area contributed by atoms with Gasteiger partial charge in [-0.2, -0.15) is 0 Å². The molecule has 1 fully saturated rings. The fourth-order valence-electron chi connectivity index (χ4n) is 2.44. The number of carbonyl (C=O) groups is 1. The molecule has 1 aliphatic rings. The normalized spacial score (nSPS) is 24.3. The van der Waals surface area contributed by atoms with Gasteiger partial charge in [0.2, 0.25) is 0 Å². The molecule has 5 heteroatoms. The molecule has 2 nitrogen and oxygen atoms in total. The zero-order valence-electron chi connectivity index (χ0n) is 9.88. The van der Waals surface area contributed by atoms with Crippen LogP contribution in [0.25, 0.3) is 0 Å². The highest BCUT2D eigenvalue weighted by Crippen LogP contribution is 2.43. The summed E-state index contributed by atoms with van der Waals surface area (Å²) in [5, 5.41) is 0. The summed E-state index contributed by atoms with van der Waals surface area (Å²) in [6.45, 7) is 1.80. The fourth-order valence-corrected chi connectivity index (χ4v) is 2.44. The standard InChI is InChI=1S/C13H13F3O2/c1-12(7-6-9(17)8-12)10-4-2-3-5-11(10)18-13(14,15)16/h2-5H,6-8H2,1H3. The molecule has 1 aliphatic carbocycles. The third kappa shape index (κ3) is 2.66. The molecule has 0 spiro atoms. The Balaban J connectivity index is 2.36. The highest BCUT2D eigenvalue weighted by Gasteiger charge is 2.40. The lowest BCUT2D eigenvalue weighted by Crippen LogP contribution is -2.23. The van der Waals surface area contributed by atoms with Crippen molar-refractivity contribution in [3.63, 3.8) is 0 Å². The second kappa shape index (κ2) is 4.30. The number of alkyl halides is 3. The second-order valence-electron chi connectivity index (χ2n) is 4.82. The van der Waals surface area contributed by atoms with Crippen molar-refractivity contribution in [3.8, 4) is 5.75 Å². The topological polar surface area (TPSA) is 26.3 Å². The van der Waals surface area contributed by atoms with E-state index in [1.165, 1.54) is 12.1 Å². The number of hydrogen-bond acceptors (Lipinski definition) is 2. The smallest absolute Gasteiger partial charge is 0.405 e. The third-order valence-electron chi connectivity index (χ3n) is 3.31. The number of hydrogen-bond donors (Lipinski definition) is 0. The van der Waals surface area contributed by atoms with E-state index in [1.807, 2.05) is 0 Å². The Labute approximate surface area is 103 Å². The molecule has 0 bridgehead atoms. The van der Waals surface area contributed by atoms with Crippen LogP contribution >= 0.6 is 0 Å². The van der Waals surface area contributed by atoms with E-state index in [0.717, 1.165) is 0 Å². The molecule has 0 aromatic heterocycles. The van der Waals surface area contributed by atoms with Gasteiger partial charge in [0.1, 0.15) is 11.5 Å². The molecule has 0 amide bonds. The molecule has 0 N–H and O–H groups in total. The predicted octanol–water partition coefficient (Wildman–Crippen LogP) is 3.60. The molecule has 0 radical (unpaired) electrons. The average Bonchev–Trinajstić information content (AvgIpc) is 2.58. The lowest BCUT2D eigenvalue weighted by Gasteiger charge is -2.26. The first-order valence-electron chi connectivity index (χ1n) is 5.67. The van der Waals surface area contributed by atoms with Gasteiger partial charge in [-0.15, -0.1) is 13.2 Å². The van der Waals surface area contributed by atoms with Crippen LogP contribution in [-0.2, 0) is 10.2 Å². The van der Waals surface area contributed by atoms with E-state index < -0.39 is 11.8 Å². The first kappa shape index (κ1) is 12.9. The summed E-state index contributed by atoms with van der Waals surface area (Å²) < 4.78 is 41.0. The fraction of sp³-hybridized carbons (Fsp3) is 0.462. The molecule has 0 aliphatic heterocycles. The van der Waals surface area contributed by atoms with E-state index in [0.29, 0.717) is 18.4 Å². The second-order valence-corrected chi connectivity index (χ2v) is 4.82. The van der Waals surface area contributed by atoms with Crippen LogP contribution in [0.3, 0.4) is 0 Å². The van der Waals surface area contributed by atoms with Gasteiger partial charge >= 0.3 is 6.36 Å². The average molecular weight is 258 g/mol. The molecule has 1 unspecified atom stereocenters. The van der Waals surface area contributed by atoms with Crippen molar-refractivity contribution < 1.29 is 22.7 Å². The highest BCUT2D eigenvalue weighted by molar-refractivity contribution is 5.83. The molecule has 2 rings (SSSR count). The molecule has 1 aromatic rings. The summed E-state index contributed by atoms with van der Waals surface area (Å²) >= 11 is 0. The predicted molar refractivity (Wildman–Crippen MR) is 59.3 cm³/mol. The molecule has 1 saturated carbocycles. The van der Waals surface area contributed by atoms with Crippen LogP contribution in [0.5, 0.6) is 5.75 Å². The van der Waals surface area contributed by atoms with Crippen LogP contribution in [0.4, 0.5) is 13.2 Å². The van der Waals surface area contributed by atoms with Crippen molar-refractivity contribution in [2.75, 3.05) is 0 Å². The Morgan fingerprint density at radius 1 is 1.28 bits per heavy atom. The summed E-state index contributed by atoms with van der Waals surface area (Å²) in [7, 11) is 0. The van der Waals surface area contributed by atoms with Gasteiger partial charge in [0, 0.05) is 23.8 Å². The van der Waals surface area contributed by atoms with Crippen molar-refractivity contribution >= 4 is 5.78 Å². The van der Waals surface area contributed by atoms with Gasteiger partial charge in [0.05, 0.1) is 0 Å². The number of ether oxygens (including phenoxy) is 1. The first-order chi connectivity index (χ1) is 8.30. The minimum Gasteiger partial charge on any atom is -0.405 e. The summed E-state index contributed by atoms with van der Waals surface area (Å²) in [6.07, 6.45) is -3.47. The highest BCUT2D eigenvalue weighted by atomic mass is 19.4. The lowest BCUT2D eigenvalue weighted by molar-refractivity contribution is -0.275. The largest absolute Gasteiger partial charge is 0.573 e. The van der Waals surface area contributed by atoms with Gasteiger partial charge in [-0.25, -0.2) is 0 Å². The van der Waals surface area contributed by atoms with Crippen molar-refractivity contribution in [1.29, 1.82) is 0 Å². The molecule has 0 saturated heterocycles. The maximum atomic E-state index is 12.3. The van der Waals surface area contributed by atoms with E-state index in [4.69, 9.17) is 0 Å². The minimum absolute atomic E-state index is 0.0827. The summed E-state index contributed by atoms with van der Waals surface area (Å²) in [4.78, 5) is 11.4. The quantitative estimate of drug-likeness (QED) is 0.810. The Bertz CT molecular complexity index is 468. The van der Waals surface area contributed by atoms with Crippen molar-refractivity contribution in [2.45, 2.75) is 38.0 Å². The Kier molecular flexibility index (Phi) is 3.09. The maximum Gasteiger partial charge on any atom is 0.573 e. The number of rotatable bonds is 2. The molecule has 0 heterocycles. The van der Waals surface area contributed by atoms with Gasteiger partial charge in [0.15, 0.2) is 0 Å². The van der Waals surface area contributed by atoms with Gasteiger partial charge < -0.3 is 4.74 Å². The van der Waals surface area contributed by atoms with Crippen molar-refractivity contribution in [2.24, 2.45) is 0 Å². The van der Waals surface area contributed by atoms with Crippen LogP contribution < -0.4 is 4.74 Å². The van der Waals surface area contributed by atoms with E-state index in [1.54, 1.807) is 19.1 Å². The molecule has 1 aromatic carbocycles. The Morgan fingerprint density at radius 2 is 1.94 bits per heavy atom. The minimum atomic E-state index is -4.71. The SMILES string of the molecule is CC1(c2ccccc2OC(F)(F)F)CCC(=O)C1. The monoisotopic (exact) mass is 258 g/mol.